The Morgan fingerprint density at radius 1 is 1.12 bits per heavy atom. The van der Waals surface area contributed by atoms with Gasteiger partial charge in [0.25, 0.3) is 0 Å². The number of carbonyl (C=O) groups excluding carboxylic acids is 1. The zero-order valence-corrected chi connectivity index (χ0v) is 15.3. The molecular formula is C19H20Cl2N2O2. The number of carbonyl (C=O) groups is 1. The lowest BCUT2D eigenvalue weighted by atomic mass is 10.1. The zero-order valence-electron chi connectivity index (χ0n) is 13.8. The highest BCUT2D eigenvalue weighted by Gasteiger charge is 2.46. The van der Waals surface area contributed by atoms with Crippen LogP contribution in [0.4, 0.5) is 0 Å². The number of benzene rings is 1. The van der Waals surface area contributed by atoms with Crippen LogP contribution in [0, 0.1) is 5.92 Å². The van der Waals surface area contributed by atoms with Crippen LogP contribution >= 0.6 is 23.2 Å². The predicted molar refractivity (Wildman–Crippen MR) is 97.9 cm³/mol. The van der Waals surface area contributed by atoms with Crippen molar-refractivity contribution in [1.82, 2.24) is 9.80 Å². The number of piperazine rings is 1. The summed E-state index contributed by atoms with van der Waals surface area (Å²) in [6, 6.07) is 9.58. The van der Waals surface area contributed by atoms with Crippen molar-refractivity contribution in [1.29, 1.82) is 0 Å². The Morgan fingerprint density at radius 3 is 2.60 bits per heavy atom. The van der Waals surface area contributed by atoms with Crippen molar-refractivity contribution >= 4 is 29.1 Å². The van der Waals surface area contributed by atoms with Crippen molar-refractivity contribution < 1.29 is 9.21 Å². The van der Waals surface area contributed by atoms with Gasteiger partial charge >= 0.3 is 0 Å². The minimum Gasteiger partial charge on any atom is -0.468 e. The number of hydrogen-bond acceptors (Lipinski definition) is 3. The van der Waals surface area contributed by atoms with E-state index in [1.54, 1.807) is 6.26 Å². The first-order chi connectivity index (χ1) is 12.1. The molecule has 1 amide bonds. The zero-order chi connectivity index (χ0) is 17.4. The van der Waals surface area contributed by atoms with Crippen LogP contribution in [0.2, 0.25) is 10.0 Å². The van der Waals surface area contributed by atoms with Gasteiger partial charge in [-0.1, -0.05) is 29.3 Å². The highest BCUT2D eigenvalue weighted by Crippen LogP contribution is 2.49. The smallest absolute Gasteiger partial charge is 0.226 e. The third kappa shape index (κ3) is 3.71. The molecule has 2 aliphatic rings. The third-order valence-corrected chi connectivity index (χ3v) is 5.86. The molecule has 2 unspecified atom stereocenters. The second kappa shape index (κ2) is 7.02. The molecule has 1 aliphatic heterocycles. The molecule has 6 heteroatoms. The first-order valence-electron chi connectivity index (χ1n) is 8.60. The van der Waals surface area contributed by atoms with E-state index in [4.69, 9.17) is 27.6 Å². The number of amides is 1. The molecular weight excluding hydrogens is 359 g/mol. The lowest BCUT2D eigenvalue weighted by Crippen LogP contribution is -2.48. The summed E-state index contributed by atoms with van der Waals surface area (Å²) in [7, 11) is 0. The fraction of sp³-hybridized carbons (Fsp3) is 0.421. The number of hydrogen-bond donors (Lipinski definition) is 0. The van der Waals surface area contributed by atoms with E-state index in [1.807, 2.05) is 35.2 Å². The van der Waals surface area contributed by atoms with Gasteiger partial charge in [-0.15, -0.1) is 0 Å². The Kier molecular flexibility index (Phi) is 4.76. The molecule has 1 saturated heterocycles. The molecule has 1 aliphatic carbocycles. The van der Waals surface area contributed by atoms with Crippen LogP contribution < -0.4 is 0 Å². The fourth-order valence-corrected chi connectivity index (χ4v) is 3.87. The van der Waals surface area contributed by atoms with Gasteiger partial charge in [0.05, 0.1) is 22.9 Å². The van der Waals surface area contributed by atoms with E-state index in [9.17, 15) is 4.79 Å². The van der Waals surface area contributed by atoms with Crippen LogP contribution in [0.15, 0.2) is 41.0 Å². The van der Waals surface area contributed by atoms with Crippen LogP contribution in [0.25, 0.3) is 0 Å². The Morgan fingerprint density at radius 2 is 1.92 bits per heavy atom. The fourth-order valence-electron chi connectivity index (χ4n) is 3.56. The van der Waals surface area contributed by atoms with Gasteiger partial charge in [0.2, 0.25) is 5.91 Å². The van der Waals surface area contributed by atoms with E-state index < -0.39 is 0 Å². The van der Waals surface area contributed by atoms with E-state index in [0.717, 1.165) is 50.5 Å². The van der Waals surface area contributed by atoms with Gasteiger partial charge in [0.15, 0.2) is 0 Å². The molecule has 2 heterocycles. The van der Waals surface area contributed by atoms with Crippen LogP contribution in [0.5, 0.6) is 0 Å². The minimum absolute atomic E-state index is 0.0915. The largest absolute Gasteiger partial charge is 0.468 e. The summed E-state index contributed by atoms with van der Waals surface area (Å²) < 4.78 is 5.40. The van der Waals surface area contributed by atoms with Gasteiger partial charge in [0, 0.05) is 32.1 Å². The Hall–Kier alpha value is -1.49. The quantitative estimate of drug-likeness (QED) is 0.805. The standard InChI is InChI=1S/C19H20Cl2N2O2/c20-17-4-3-13(10-18(17)21)15-11-16(15)19(24)23-7-5-22(6-8-23)12-14-2-1-9-25-14/h1-4,9-10,15-16H,5-8,11-12H2. The second-order valence-electron chi connectivity index (χ2n) is 6.80. The molecule has 2 atom stereocenters. The molecule has 4 rings (SSSR count). The first-order valence-corrected chi connectivity index (χ1v) is 9.36. The molecule has 2 fully saturated rings. The van der Waals surface area contributed by atoms with Crippen LogP contribution in [-0.4, -0.2) is 41.9 Å². The molecule has 1 aromatic heterocycles. The Balaban J connectivity index is 1.30. The van der Waals surface area contributed by atoms with Gasteiger partial charge < -0.3 is 9.32 Å². The second-order valence-corrected chi connectivity index (χ2v) is 7.62. The van der Waals surface area contributed by atoms with E-state index >= 15 is 0 Å². The van der Waals surface area contributed by atoms with Crippen molar-refractivity contribution in [2.75, 3.05) is 26.2 Å². The molecule has 0 N–H and O–H groups in total. The third-order valence-electron chi connectivity index (χ3n) is 5.12. The van der Waals surface area contributed by atoms with Gasteiger partial charge in [0.1, 0.15) is 5.76 Å². The molecule has 2 aromatic rings. The summed E-state index contributed by atoms with van der Waals surface area (Å²) in [4.78, 5) is 17.1. The Labute approximate surface area is 157 Å². The Bertz CT molecular complexity index is 755. The number of furan rings is 1. The monoisotopic (exact) mass is 378 g/mol. The van der Waals surface area contributed by atoms with Gasteiger partial charge in [-0.3, -0.25) is 9.69 Å². The van der Waals surface area contributed by atoms with Gasteiger partial charge in [-0.2, -0.15) is 0 Å². The normalized spacial score (nSPS) is 23.7. The average molecular weight is 379 g/mol. The lowest BCUT2D eigenvalue weighted by Gasteiger charge is -2.34. The molecule has 25 heavy (non-hydrogen) atoms. The van der Waals surface area contributed by atoms with Crippen molar-refractivity contribution in [2.24, 2.45) is 5.92 Å². The maximum Gasteiger partial charge on any atom is 0.226 e. The van der Waals surface area contributed by atoms with Crippen LogP contribution in [0.3, 0.4) is 0 Å². The molecule has 0 bridgehead atoms. The first kappa shape index (κ1) is 17.0. The van der Waals surface area contributed by atoms with Crippen molar-refractivity contribution in [2.45, 2.75) is 18.9 Å². The molecule has 1 aromatic carbocycles. The number of rotatable bonds is 4. The predicted octanol–water partition coefficient (Wildman–Crippen LogP) is 4.03. The molecule has 1 saturated carbocycles. The molecule has 0 spiro atoms. The maximum absolute atomic E-state index is 12.7. The van der Waals surface area contributed by atoms with Crippen LogP contribution in [0.1, 0.15) is 23.7 Å². The summed E-state index contributed by atoms with van der Waals surface area (Å²) in [5.41, 5.74) is 1.12. The van der Waals surface area contributed by atoms with Gasteiger partial charge in [-0.05, 0) is 42.2 Å². The topological polar surface area (TPSA) is 36.7 Å². The highest BCUT2D eigenvalue weighted by atomic mass is 35.5. The highest BCUT2D eigenvalue weighted by molar-refractivity contribution is 6.42. The summed E-state index contributed by atoms with van der Waals surface area (Å²) in [5.74, 6) is 1.62. The van der Waals surface area contributed by atoms with Crippen LogP contribution in [-0.2, 0) is 11.3 Å². The summed E-state index contributed by atoms with van der Waals surface area (Å²) in [6.45, 7) is 4.14. The maximum atomic E-state index is 12.7. The lowest BCUT2D eigenvalue weighted by molar-refractivity contribution is -0.134. The summed E-state index contributed by atoms with van der Waals surface area (Å²) >= 11 is 12.1. The van der Waals surface area contributed by atoms with Crippen molar-refractivity contribution in [3.05, 3.63) is 58.0 Å². The molecule has 4 nitrogen and oxygen atoms in total. The molecule has 132 valence electrons. The SMILES string of the molecule is O=C(C1CC1c1ccc(Cl)c(Cl)c1)N1CCN(Cc2ccco2)CC1. The minimum atomic E-state index is 0.0915. The van der Waals surface area contributed by atoms with Gasteiger partial charge in [-0.25, -0.2) is 0 Å². The number of nitrogens with zero attached hydrogens (tertiary/aromatic N) is 2. The van der Waals surface area contributed by atoms with E-state index in [-0.39, 0.29) is 17.7 Å². The molecule has 0 radical (unpaired) electrons. The summed E-state index contributed by atoms with van der Waals surface area (Å²) in [6.07, 6.45) is 2.61. The van der Waals surface area contributed by atoms with E-state index in [2.05, 4.69) is 4.90 Å². The summed E-state index contributed by atoms with van der Waals surface area (Å²) in [5, 5.41) is 1.12. The number of halogens is 2. The van der Waals surface area contributed by atoms with E-state index in [1.165, 1.54) is 0 Å². The van der Waals surface area contributed by atoms with Crippen molar-refractivity contribution in [3.8, 4) is 0 Å². The van der Waals surface area contributed by atoms with Crippen molar-refractivity contribution in [3.63, 3.8) is 0 Å². The average Bonchev–Trinajstić information content (AvgIpc) is 3.26. The van der Waals surface area contributed by atoms with E-state index in [0.29, 0.717) is 10.0 Å².